The minimum atomic E-state index is -3.48. The number of benzene rings is 1. The van der Waals surface area contributed by atoms with Crippen LogP contribution in [0.5, 0.6) is 0 Å². The monoisotopic (exact) mass is 312 g/mol. The highest BCUT2D eigenvalue weighted by Crippen LogP contribution is 2.18. The van der Waals surface area contributed by atoms with Gasteiger partial charge < -0.3 is 5.32 Å². The van der Waals surface area contributed by atoms with Gasteiger partial charge in [0.15, 0.2) is 0 Å². The van der Waals surface area contributed by atoms with Gasteiger partial charge in [-0.25, -0.2) is 13.1 Å². The van der Waals surface area contributed by atoms with E-state index in [1.165, 1.54) is 0 Å². The minimum absolute atomic E-state index is 0.336. The van der Waals surface area contributed by atoms with Crippen molar-refractivity contribution >= 4 is 10.0 Å². The molecule has 0 aliphatic heterocycles. The molecule has 21 heavy (non-hydrogen) atoms. The second kappa shape index (κ2) is 7.38. The quantitative estimate of drug-likeness (QED) is 0.726. The summed E-state index contributed by atoms with van der Waals surface area (Å²) in [6.45, 7) is 11.5. The lowest BCUT2D eigenvalue weighted by atomic mass is 10.0. The molecule has 0 radical (unpaired) electrons. The van der Waals surface area contributed by atoms with Crippen LogP contribution in [0, 0.1) is 6.92 Å². The van der Waals surface area contributed by atoms with Gasteiger partial charge in [0.05, 0.1) is 4.90 Å². The Morgan fingerprint density at radius 2 is 1.86 bits per heavy atom. The third-order valence-electron chi connectivity index (χ3n) is 3.67. The van der Waals surface area contributed by atoms with Gasteiger partial charge >= 0.3 is 0 Å². The van der Waals surface area contributed by atoms with Crippen molar-refractivity contribution < 1.29 is 8.42 Å². The van der Waals surface area contributed by atoms with E-state index in [2.05, 4.69) is 17.0 Å². The van der Waals surface area contributed by atoms with E-state index >= 15 is 0 Å². The molecule has 0 fully saturated rings. The van der Waals surface area contributed by atoms with Crippen molar-refractivity contribution in [3.05, 3.63) is 29.3 Å². The van der Waals surface area contributed by atoms with Gasteiger partial charge in [0.2, 0.25) is 10.0 Å². The van der Waals surface area contributed by atoms with Crippen LogP contribution < -0.4 is 10.0 Å². The van der Waals surface area contributed by atoms with E-state index in [0.29, 0.717) is 11.4 Å². The zero-order valence-electron chi connectivity index (χ0n) is 13.8. The standard InChI is InChI=1S/C16H28N2O2S/c1-6-10-17-12-14-11-15(9-8-13(14)3)21(19,20)18-16(4,5)7-2/h8-9,11,17-18H,6-7,10,12H2,1-5H3. The lowest BCUT2D eigenvalue weighted by Crippen LogP contribution is -2.42. The van der Waals surface area contributed by atoms with E-state index < -0.39 is 15.6 Å². The predicted octanol–water partition coefficient (Wildman–Crippen LogP) is 2.96. The van der Waals surface area contributed by atoms with Crippen molar-refractivity contribution in [2.24, 2.45) is 0 Å². The molecule has 0 amide bonds. The second-order valence-corrected chi connectivity index (χ2v) is 7.79. The number of hydrogen-bond acceptors (Lipinski definition) is 3. The highest BCUT2D eigenvalue weighted by atomic mass is 32.2. The average molecular weight is 312 g/mol. The molecule has 0 saturated heterocycles. The lowest BCUT2D eigenvalue weighted by Gasteiger charge is -2.24. The fourth-order valence-corrected chi connectivity index (χ4v) is 3.43. The van der Waals surface area contributed by atoms with Gasteiger partial charge in [-0.15, -0.1) is 0 Å². The molecule has 0 atom stereocenters. The van der Waals surface area contributed by atoms with E-state index in [1.54, 1.807) is 12.1 Å². The molecular formula is C16H28N2O2S. The Balaban J connectivity index is 3.00. The molecule has 1 rings (SSSR count). The Bertz CT molecular complexity index is 566. The van der Waals surface area contributed by atoms with E-state index in [1.807, 2.05) is 33.8 Å². The van der Waals surface area contributed by atoms with Gasteiger partial charge in [-0.2, -0.15) is 0 Å². The molecule has 0 spiro atoms. The molecule has 1 aromatic rings. The van der Waals surface area contributed by atoms with Crippen molar-refractivity contribution in [1.82, 2.24) is 10.0 Å². The zero-order chi connectivity index (χ0) is 16.1. The molecule has 0 aliphatic carbocycles. The smallest absolute Gasteiger partial charge is 0.241 e. The third-order valence-corrected chi connectivity index (χ3v) is 5.36. The highest BCUT2D eigenvalue weighted by molar-refractivity contribution is 7.89. The molecule has 120 valence electrons. The Kier molecular flexibility index (Phi) is 6.38. The first-order valence-electron chi connectivity index (χ1n) is 7.56. The molecule has 2 N–H and O–H groups in total. The minimum Gasteiger partial charge on any atom is -0.313 e. The van der Waals surface area contributed by atoms with Gasteiger partial charge in [0, 0.05) is 12.1 Å². The number of rotatable bonds is 8. The van der Waals surface area contributed by atoms with Gasteiger partial charge in [0.25, 0.3) is 0 Å². The number of hydrogen-bond donors (Lipinski definition) is 2. The topological polar surface area (TPSA) is 58.2 Å². The molecule has 4 nitrogen and oxygen atoms in total. The van der Waals surface area contributed by atoms with Crippen molar-refractivity contribution in [2.45, 2.75) is 64.4 Å². The van der Waals surface area contributed by atoms with Gasteiger partial charge in [-0.3, -0.25) is 0 Å². The highest BCUT2D eigenvalue weighted by Gasteiger charge is 2.24. The van der Waals surface area contributed by atoms with Gasteiger partial charge in [-0.1, -0.05) is 19.9 Å². The van der Waals surface area contributed by atoms with Crippen LogP contribution in [0.2, 0.25) is 0 Å². The first kappa shape index (κ1) is 18.1. The van der Waals surface area contributed by atoms with Crippen LogP contribution in [0.15, 0.2) is 23.1 Å². The summed E-state index contributed by atoms with van der Waals surface area (Å²) in [5, 5.41) is 3.32. The fourth-order valence-electron chi connectivity index (χ4n) is 1.90. The van der Waals surface area contributed by atoms with E-state index in [9.17, 15) is 8.42 Å². The lowest BCUT2D eigenvalue weighted by molar-refractivity contribution is 0.439. The summed E-state index contributed by atoms with van der Waals surface area (Å²) in [7, 11) is -3.48. The Hall–Kier alpha value is -0.910. The average Bonchev–Trinajstić information content (AvgIpc) is 2.40. The maximum atomic E-state index is 12.5. The first-order valence-corrected chi connectivity index (χ1v) is 9.04. The molecular weight excluding hydrogens is 284 g/mol. The molecule has 0 aromatic heterocycles. The molecule has 5 heteroatoms. The van der Waals surface area contributed by atoms with Crippen molar-refractivity contribution in [3.63, 3.8) is 0 Å². The largest absolute Gasteiger partial charge is 0.313 e. The molecule has 1 aromatic carbocycles. The molecule has 0 aliphatic rings. The van der Waals surface area contributed by atoms with Crippen LogP contribution in [0.3, 0.4) is 0 Å². The Labute approximate surface area is 129 Å². The summed E-state index contributed by atoms with van der Waals surface area (Å²) in [5.74, 6) is 0. The number of sulfonamides is 1. The van der Waals surface area contributed by atoms with Crippen LogP contribution >= 0.6 is 0 Å². The Morgan fingerprint density at radius 1 is 1.19 bits per heavy atom. The first-order chi connectivity index (χ1) is 9.72. The van der Waals surface area contributed by atoms with Crippen LogP contribution in [0.4, 0.5) is 0 Å². The summed E-state index contributed by atoms with van der Waals surface area (Å²) in [6, 6.07) is 5.31. The summed E-state index contributed by atoms with van der Waals surface area (Å²) in [4.78, 5) is 0.336. The van der Waals surface area contributed by atoms with Crippen LogP contribution in [0.25, 0.3) is 0 Å². The van der Waals surface area contributed by atoms with Crippen molar-refractivity contribution in [3.8, 4) is 0 Å². The normalized spacial score (nSPS) is 12.6. The molecule has 0 heterocycles. The predicted molar refractivity (Wildman–Crippen MR) is 87.9 cm³/mol. The summed E-state index contributed by atoms with van der Waals surface area (Å²) in [6.07, 6.45) is 1.80. The van der Waals surface area contributed by atoms with E-state index in [-0.39, 0.29) is 0 Å². The summed E-state index contributed by atoms with van der Waals surface area (Å²) < 4.78 is 27.7. The van der Waals surface area contributed by atoms with E-state index in [4.69, 9.17) is 0 Å². The molecule has 0 bridgehead atoms. The maximum absolute atomic E-state index is 12.5. The van der Waals surface area contributed by atoms with Crippen LogP contribution in [-0.4, -0.2) is 20.5 Å². The molecule has 0 unspecified atom stereocenters. The summed E-state index contributed by atoms with van der Waals surface area (Å²) >= 11 is 0. The third kappa shape index (κ3) is 5.41. The van der Waals surface area contributed by atoms with Crippen molar-refractivity contribution in [1.29, 1.82) is 0 Å². The second-order valence-electron chi connectivity index (χ2n) is 6.11. The fraction of sp³-hybridized carbons (Fsp3) is 0.625. The SMILES string of the molecule is CCCNCc1cc(S(=O)(=O)NC(C)(C)CC)ccc1C. The van der Waals surface area contributed by atoms with Crippen molar-refractivity contribution in [2.75, 3.05) is 6.54 Å². The molecule has 0 saturated carbocycles. The number of aryl methyl sites for hydroxylation is 1. The van der Waals surface area contributed by atoms with Crippen LogP contribution in [-0.2, 0) is 16.6 Å². The maximum Gasteiger partial charge on any atom is 0.241 e. The van der Waals surface area contributed by atoms with Crippen LogP contribution in [0.1, 0.15) is 51.7 Å². The summed E-state index contributed by atoms with van der Waals surface area (Å²) in [5.41, 5.74) is 1.69. The van der Waals surface area contributed by atoms with Gasteiger partial charge in [-0.05, 0) is 63.4 Å². The Morgan fingerprint density at radius 3 is 2.43 bits per heavy atom. The zero-order valence-corrected chi connectivity index (χ0v) is 14.6. The van der Waals surface area contributed by atoms with E-state index in [0.717, 1.165) is 30.5 Å². The number of nitrogens with one attached hydrogen (secondary N) is 2. The van der Waals surface area contributed by atoms with Gasteiger partial charge in [0.1, 0.15) is 0 Å².